The summed E-state index contributed by atoms with van der Waals surface area (Å²) < 4.78 is 37.7. The fraction of sp³-hybridized carbons (Fsp3) is 0.118. The second-order valence-electron chi connectivity index (χ2n) is 5.38. The minimum Gasteiger partial charge on any atom is -0.321 e. The summed E-state index contributed by atoms with van der Waals surface area (Å²) in [5.74, 6) is -0.498. The van der Waals surface area contributed by atoms with E-state index in [1.54, 1.807) is 31.5 Å². The van der Waals surface area contributed by atoms with Gasteiger partial charge < -0.3 is 5.32 Å². The highest BCUT2D eigenvalue weighted by molar-refractivity contribution is 6.04. The van der Waals surface area contributed by atoms with E-state index in [0.29, 0.717) is 11.3 Å². The lowest BCUT2D eigenvalue weighted by Crippen LogP contribution is -2.16. The molecule has 3 rings (SSSR count). The fourth-order valence-electron chi connectivity index (χ4n) is 2.24. The number of hydrogen-bond acceptors (Lipinski definition) is 3. The van der Waals surface area contributed by atoms with Crippen LogP contribution in [0, 0.1) is 6.92 Å². The predicted molar refractivity (Wildman–Crippen MR) is 86.0 cm³/mol. The van der Waals surface area contributed by atoms with Crippen LogP contribution in [-0.2, 0) is 6.18 Å². The molecule has 2 aromatic heterocycles. The maximum Gasteiger partial charge on any atom is 0.416 e. The Morgan fingerprint density at radius 2 is 1.84 bits per heavy atom. The summed E-state index contributed by atoms with van der Waals surface area (Å²) in [5.41, 5.74) is 1.62. The molecule has 0 unspecified atom stereocenters. The van der Waals surface area contributed by atoms with Gasteiger partial charge in [0.15, 0.2) is 0 Å². The third-order valence-corrected chi connectivity index (χ3v) is 3.58. The smallest absolute Gasteiger partial charge is 0.321 e. The molecule has 2 heterocycles. The molecule has 5 nitrogen and oxygen atoms in total. The number of aromatic nitrogens is 3. The second kappa shape index (κ2) is 6.39. The Bertz CT molecular complexity index is 887. The van der Waals surface area contributed by atoms with Crippen LogP contribution in [0.25, 0.3) is 11.3 Å². The first-order chi connectivity index (χ1) is 11.8. The molecule has 0 atom stereocenters. The van der Waals surface area contributed by atoms with E-state index in [-0.39, 0.29) is 11.4 Å². The number of rotatable bonds is 3. The summed E-state index contributed by atoms with van der Waals surface area (Å²) in [7, 11) is 0. The Kier molecular flexibility index (Phi) is 4.26. The van der Waals surface area contributed by atoms with E-state index in [0.717, 1.165) is 17.7 Å². The normalized spacial score (nSPS) is 11.4. The van der Waals surface area contributed by atoms with Gasteiger partial charge in [-0.25, -0.2) is 4.98 Å². The van der Waals surface area contributed by atoms with Gasteiger partial charge in [-0.1, -0.05) is 6.07 Å². The van der Waals surface area contributed by atoms with Crippen molar-refractivity contribution in [2.45, 2.75) is 13.1 Å². The Morgan fingerprint density at radius 3 is 2.44 bits per heavy atom. The molecule has 0 fully saturated rings. The van der Waals surface area contributed by atoms with Gasteiger partial charge >= 0.3 is 6.18 Å². The van der Waals surface area contributed by atoms with Gasteiger partial charge in [-0.15, -0.1) is 0 Å². The lowest BCUT2D eigenvalue weighted by atomic mass is 10.1. The van der Waals surface area contributed by atoms with Gasteiger partial charge in [-0.05, 0) is 42.8 Å². The van der Waals surface area contributed by atoms with Crippen LogP contribution in [0.15, 0.2) is 48.8 Å². The minimum atomic E-state index is -4.42. The van der Waals surface area contributed by atoms with Gasteiger partial charge in [-0.2, -0.15) is 18.3 Å². The van der Waals surface area contributed by atoms with Crippen LogP contribution in [0.4, 0.5) is 18.9 Å². The van der Waals surface area contributed by atoms with Gasteiger partial charge in [0.1, 0.15) is 5.69 Å². The molecule has 1 amide bonds. The molecule has 0 saturated carbocycles. The van der Waals surface area contributed by atoms with Gasteiger partial charge in [0, 0.05) is 17.4 Å². The summed E-state index contributed by atoms with van der Waals surface area (Å²) in [6, 6.07) is 7.74. The molecule has 0 saturated heterocycles. The SMILES string of the molecule is Cc1ccc(-c2cn[nH]c2)nc1C(=O)Nc1ccc(C(F)(F)F)cc1. The first-order valence-electron chi connectivity index (χ1n) is 7.30. The van der Waals surface area contributed by atoms with Crippen LogP contribution in [-0.4, -0.2) is 21.1 Å². The predicted octanol–water partition coefficient (Wildman–Crippen LogP) is 4.05. The van der Waals surface area contributed by atoms with E-state index >= 15 is 0 Å². The Morgan fingerprint density at radius 1 is 1.12 bits per heavy atom. The number of anilines is 1. The van der Waals surface area contributed by atoms with Crippen LogP contribution in [0.5, 0.6) is 0 Å². The molecule has 0 aliphatic heterocycles. The number of H-pyrrole nitrogens is 1. The summed E-state index contributed by atoms with van der Waals surface area (Å²) in [4.78, 5) is 16.7. The summed E-state index contributed by atoms with van der Waals surface area (Å²) in [5, 5.41) is 9.06. The molecular weight excluding hydrogens is 333 g/mol. The number of aryl methyl sites for hydroxylation is 1. The Labute approximate surface area is 140 Å². The van der Waals surface area contributed by atoms with Crippen molar-refractivity contribution in [1.29, 1.82) is 0 Å². The third kappa shape index (κ3) is 3.68. The van der Waals surface area contributed by atoms with E-state index in [4.69, 9.17) is 0 Å². The quantitative estimate of drug-likeness (QED) is 0.751. The standard InChI is InChI=1S/C17H13F3N4O/c1-10-2-7-14(11-8-21-22-9-11)24-15(10)16(25)23-13-5-3-12(4-6-13)17(18,19)20/h2-9H,1H3,(H,21,22)(H,23,25). The molecule has 0 aliphatic carbocycles. The van der Waals surface area contributed by atoms with Crippen LogP contribution in [0.3, 0.4) is 0 Å². The van der Waals surface area contributed by atoms with E-state index in [1.165, 1.54) is 12.1 Å². The lowest BCUT2D eigenvalue weighted by Gasteiger charge is -2.10. The average molecular weight is 346 g/mol. The van der Waals surface area contributed by atoms with Crippen molar-refractivity contribution in [1.82, 2.24) is 15.2 Å². The fourth-order valence-corrected chi connectivity index (χ4v) is 2.24. The molecule has 0 radical (unpaired) electrons. The van der Waals surface area contributed by atoms with Crippen molar-refractivity contribution in [2.75, 3.05) is 5.32 Å². The molecule has 1 aromatic carbocycles. The molecule has 0 bridgehead atoms. The number of nitrogens with one attached hydrogen (secondary N) is 2. The van der Waals surface area contributed by atoms with Crippen molar-refractivity contribution in [3.8, 4) is 11.3 Å². The highest BCUT2D eigenvalue weighted by atomic mass is 19.4. The van der Waals surface area contributed by atoms with E-state index in [9.17, 15) is 18.0 Å². The van der Waals surface area contributed by atoms with E-state index in [2.05, 4.69) is 20.5 Å². The molecule has 3 aromatic rings. The van der Waals surface area contributed by atoms with Crippen LogP contribution >= 0.6 is 0 Å². The lowest BCUT2D eigenvalue weighted by molar-refractivity contribution is -0.137. The molecule has 0 aliphatic rings. The molecule has 25 heavy (non-hydrogen) atoms. The van der Waals surface area contributed by atoms with Gasteiger partial charge in [-0.3, -0.25) is 9.89 Å². The van der Waals surface area contributed by atoms with Gasteiger partial charge in [0.05, 0.1) is 17.5 Å². The van der Waals surface area contributed by atoms with Crippen molar-refractivity contribution in [3.05, 3.63) is 65.6 Å². The van der Waals surface area contributed by atoms with Crippen LogP contribution in [0.2, 0.25) is 0 Å². The largest absolute Gasteiger partial charge is 0.416 e. The Hall–Kier alpha value is -3.16. The number of benzene rings is 1. The van der Waals surface area contributed by atoms with Gasteiger partial charge in [0.2, 0.25) is 0 Å². The number of aromatic amines is 1. The number of carbonyl (C=O) groups is 1. The number of pyridine rings is 1. The minimum absolute atomic E-state index is 0.193. The third-order valence-electron chi connectivity index (χ3n) is 3.58. The maximum atomic E-state index is 12.6. The summed E-state index contributed by atoms with van der Waals surface area (Å²) in [6.07, 6.45) is -1.19. The highest BCUT2D eigenvalue weighted by Gasteiger charge is 2.30. The molecule has 128 valence electrons. The van der Waals surface area contributed by atoms with Crippen molar-refractivity contribution >= 4 is 11.6 Å². The average Bonchev–Trinajstić information content (AvgIpc) is 3.09. The zero-order chi connectivity index (χ0) is 18.0. The number of amides is 1. The first-order valence-corrected chi connectivity index (χ1v) is 7.30. The monoisotopic (exact) mass is 346 g/mol. The van der Waals surface area contributed by atoms with Gasteiger partial charge in [0.25, 0.3) is 5.91 Å². The molecule has 0 spiro atoms. The second-order valence-corrected chi connectivity index (χ2v) is 5.38. The highest BCUT2D eigenvalue weighted by Crippen LogP contribution is 2.30. The number of nitrogens with zero attached hydrogens (tertiary/aromatic N) is 2. The molecule has 8 heteroatoms. The van der Waals surface area contributed by atoms with E-state index in [1.807, 2.05) is 0 Å². The van der Waals surface area contributed by atoms with Crippen molar-refractivity contribution < 1.29 is 18.0 Å². The maximum absolute atomic E-state index is 12.6. The number of halogens is 3. The van der Waals surface area contributed by atoms with Crippen LogP contribution < -0.4 is 5.32 Å². The molecule has 2 N–H and O–H groups in total. The number of alkyl halides is 3. The Balaban J connectivity index is 1.83. The van der Waals surface area contributed by atoms with Crippen LogP contribution in [0.1, 0.15) is 21.6 Å². The number of carbonyl (C=O) groups excluding carboxylic acids is 1. The zero-order valence-corrected chi connectivity index (χ0v) is 13.1. The molecular formula is C17H13F3N4O. The summed E-state index contributed by atoms with van der Waals surface area (Å²) >= 11 is 0. The zero-order valence-electron chi connectivity index (χ0n) is 13.1. The van der Waals surface area contributed by atoms with E-state index < -0.39 is 17.6 Å². The number of hydrogen-bond donors (Lipinski definition) is 2. The summed E-state index contributed by atoms with van der Waals surface area (Å²) in [6.45, 7) is 1.73. The van der Waals surface area contributed by atoms with Crippen molar-refractivity contribution in [2.24, 2.45) is 0 Å². The van der Waals surface area contributed by atoms with Crippen molar-refractivity contribution in [3.63, 3.8) is 0 Å². The first kappa shape index (κ1) is 16.7. The topological polar surface area (TPSA) is 70.7 Å².